The molecule has 0 N–H and O–H groups in total. The molecule has 1 aromatic carbocycles. The van der Waals surface area contributed by atoms with E-state index in [1.54, 1.807) is 19.3 Å². The van der Waals surface area contributed by atoms with Crippen molar-refractivity contribution in [3.05, 3.63) is 46.9 Å². The van der Waals surface area contributed by atoms with Crippen LogP contribution < -0.4 is 19.9 Å². The van der Waals surface area contributed by atoms with Crippen molar-refractivity contribution in [1.82, 2.24) is 14.7 Å². The summed E-state index contributed by atoms with van der Waals surface area (Å²) >= 11 is 0. The van der Waals surface area contributed by atoms with E-state index in [9.17, 15) is 4.79 Å². The predicted molar refractivity (Wildman–Crippen MR) is 106 cm³/mol. The Morgan fingerprint density at radius 1 is 1.11 bits per heavy atom. The first kappa shape index (κ1) is 19.2. The molecule has 0 atom stereocenters. The van der Waals surface area contributed by atoms with Gasteiger partial charge in [0.25, 0.3) is 5.56 Å². The molecule has 0 saturated carbocycles. The van der Waals surface area contributed by atoms with Crippen molar-refractivity contribution in [3.63, 3.8) is 0 Å². The molecule has 0 unspecified atom stereocenters. The van der Waals surface area contributed by atoms with Crippen molar-refractivity contribution in [2.24, 2.45) is 7.05 Å². The number of anilines is 1. The summed E-state index contributed by atoms with van der Waals surface area (Å²) < 4.78 is 12.9. The van der Waals surface area contributed by atoms with Gasteiger partial charge in [0.2, 0.25) is 0 Å². The molecule has 3 rings (SSSR count). The summed E-state index contributed by atoms with van der Waals surface area (Å²) in [6.45, 7) is 9.17. The van der Waals surface area contributed by atoms with Gasteiger partial charge in [0.05, 0.1) is 18.0 Å². The van der Waals surface area contributed by atoms with Gasteiger partial charge in [-0.2, -0.15) is 5.10 Å². The van der Waals surface area contributed by atoms with E-state index in [1.165, 1.54) is 4.68 Å². The molecule has 1 fully saturated rings. The van der Waals surface area contributed by atoms with Crippen LogP contribution in [-0.4, -0.2) is 60.1 Å². The first-order valence-corrected chi connectivity index (χ1v) is 9.41. The maximum Gasteiger partial charge on any atom is 0.268 e. The molecule has 2 aromatic rings. The molecular weight excluding hydrogens is 344 g/mol. The van der Waals surface area contributed by atoms with Gasteiger partial charge in [0.15, 0.2) is 0 Å². The molecule has 7 heteroatoms. The Morgan fingerprint density at radius 3 is 2.56 bits per heavy atom. The average molecular weight is 372 g/mol. The summed E-state index contributed by atoms with van der Waals surface area (Å²) in [6, 6.07) is 9.43. The Labute approximate surface area is 160 Å². The molecule has 146 valence electrons. The molecule has 0 radical (unpaired) electrons. The highest BCUT2D eigenvalue weighted by molar-refractivity contribution is 5.43. The third-order valence-electron chi connectivity index (χ3n) is 4.54. The summed E-state index contributed by atoms with van der Waals surface area (Å²) in [4.78, 5) is 16.3. The number of hydrogen-bond donors (Lipinski definition) is 0. The monoisotopic (exact) mass is 372 g/mol. The van der Waals surface area contributed by atoms with Crippen molar-refractivity contribution < 1.29 is 9.47 Å². The standard InChI is InChI=1S/C20H28N4O3/c1-16(2)27-19-6-4-5-18(14-19)26-12-11-23-7-9-24(10-8-23)17-13-20(25)22(3)21-15-17/h4-6,13-16H,7-12H2,1-3H3. The number of aromatic nitrogens is 2. The van der Waals surface area contributed by atoms with Gasteiger partial charge in [0.1, 0.15) is 18.1 Å². The second-order valence-electron chi connectivity index (χ2n) is 6.99. The molecule has 7 nitrogen and oxygen atoms in total. The van der Waals surface area contributed by atoms with E-state index in [1.807, 2.05) is 38.1 Å². The lowest BCUT2D eigenvalue weighted by Gasteiger charge is -2.35. The summed E-state index contributed by atoms with van der Waals surface area (Å²) in [5.41, 5.74) is 0.822. The lowest BCUT2D eigenvalue weighted by Crippen LogP contribution is -2.47. The number of piperazine rings is 1. The molecular formula is C20H28N4O3. The number of benzene rings is 1. The lowest BCUT2D eigenvalue weighted by molar-refractivity contribution is 0.199. The van der Waals surface area contributed by atoms with Gasteiger partial charge < -0.3 is 14.4 Å². The zero-order valence-electron chi connectivity index (χ0n) is 16.3. The summed E-state index contributed by atoms with van der Waals surface area (Å²) in [5.74, 6) is 1.66. The van der Waals surface area contributed by atoms with E-state index >= 15 is 0 Å². The molecule has 0 bridgehead atoms. The van der Waals surface area contributed by atoms with Crippen LogP contribution in [-0.2, 0) is 7.05 Å². The second-order valence-corrected chi connectivity index (χ2v) is 6.99. The molecule has 0 amide bonds. The molecule has 1 aliphatic heterocycles. The van der Waals surface area contributed by atoms with Crippen molar-refractivity contribution in [2.45, 2.75) is 20.0 Å². The van der Waals surface area contributed by atoms with Crippen LogP contribution in [0.1, 0.15) is 13.8 Å². The fourth-order valence-corrected chi connectivity index (χ4v) is 3.06. The van der Waals surface area contributed by atoms with Crippen LogP contribution in [0.25, 0.3) is 0 Å². The average Bonchev–Trinajstić information content (AvgIpc) is 2.64. The molecule has 1 aromatic heterocycles. The quantitative estimate of drug-likeness (QED) is 0.738. The molecule has 0 spiro atoms. The third kappa shape index (κ3) is 5.47. The number of nitrogens with zero attached hydrogens (tertiary/aromatic N) is 4. The minimum absolute atomic E-state index is 0.0768. The van der Waals surface area contributed by atoms with Crippen LogP contribution >= 0.6 is 0 Å². The summed E-state index contributed by atoms with van der Waals surface area (Å²) in [7, 11) is 1.66. The SMILES string of the molecule is CC(C)Oc1cccc(OCCN2CCN(c3cnn(C)c(=O)c3)CC2)c1. The van der Waals surface area contributed by atoms with Gasteiger partial charge in [-0.1, -0.05) is 6.07 Å². The maximum absolute atomic E-state index is 11.7. The van der Waals surface area contributed by atoms with Crippen LogP contribution in [0.2, 0.25) is 0 Å². The van der Waals surface area contributed by atoms with Crippen molar-refractivity contribution in [3.8, 4) is 11.5 Å². The minimum atomic E-state index is -0.0768. The van der Waals surface area contributed by atoms with E-state index in [0.29, 0.717) is 6.61 Å². The fraction of sp³-hybridized carbons (Fsp3) is 0.500. The number of rotatable bonds is 7. The first-order valence-electron chi connectivity index (χ1n) is 9.41. The Morgan fingerprint density at radius 2 is 1.85 bits per heavy atom. The molecule has 27 heavy (non-hydrogen) atoms. The van der Waals surface area contributed by atoms with Gasteiger partial charge in [-0.3, -0.25) is 9.69 Å². The van der Waals surface area contributed by atoms with Gasteiger partial charge in [-0.15, -0.1) is 0 Å². The highest BCUT2D eigenvalue weighted by atomic mass is 16.5. The Hall–Kier alpha value is -2.54. The van der Waals surface area contributed by atoms with E-state index in [-0.39, 0.29) is 11.7 Å². The highest BCUT2D eigenvalue weighted by Gasteiger charge is 2.17. The normalized spacial score (nSPS) is 15.2. The fourth-order valence-electron chi connectivity index (χ4n) is 3.06. The number of ether oxygens (including phenoxy) is 2. The van der Waals surface area contributed by atoms with Gasteiger partial charge in [-0.05, 0) is 26.0 Å². The van der Waals surface area contributed by atoms with Crippen LogP contribution in [0, 0.1) is 0 Å². The topological polar surface area (TPSA) is 59.8 Å². The smallest absolute Gasteiger partial charge is 0.268 e. The third-order valence-corrected chi connectivity index (χ3v) is 4.54. The van der Waals surface area contributed by atoms with Crippen molar-refractivity contribution in [2.75, 3.05) is 44.2 Å². The Bertz CT molecular complexity index is 798. The van der Waals surface area contributed by atoms with E-state index in [2.05, 4.69) is 14.9 Å². The zero-order chi connectivity index (χ0) is 19.2. The van der Waals surface area contributed by atoms with Crippen LogP contribution in [0.3, 0.4) is 0 Å². The van der Waals surface area contributed by atoms with Crippen LogP contribution in [0.5, 0.6) is 11.5 Å². The van der Waals surface area contributed by atoms with Gasteiger partial charge in [0, 0.05) is 51.9 Å². The molecule has 1 aliphatic rings. The van der Waals surface area contributed by atoms with Gasteiger partial charge >= 0.3 is 0 Å². The Balaban J connectivity index is 1.43. The summed E-state index contributed by atoms with van der Waals surface area (Å²) in [6.07, 6.45) is 1.91. The second kappa shape index (κ2) is 8.90. The van der Waals surface area contributed by atoms with Crippen molar-refractivity contribution in [1.29, 1.82) is 0 Å². The van der Waals surface area contributed by atoms with Crippen molar-refractivity contribution >= 4 is 5.69 Å². The lowest BCUT2D eigenvalue weighted by atomic mass is 10.3. The van der Waals surface area contributed by atoms with Crippen LogP contribution in [0.4, 0.5) is 5.69 Å². The van der Waals surface area contributed by atoms with E-state index < -0.39 is 0 Å². The molecule has 1 saturated heterocycles. The highest BCUT2D eigenvalue weighted by Crippen LogP contribution is 2.20. The molecule has 2 heterocycles. The minimum Gasteiger partial charge on any atom is -0.492 e. The van der Waals surface area contributed by atoms with E-state index in [0.717, 1.165) is 49.9 Å². The number of aryl methyl sites for hydroxylation is 1. The van der Waals surface area contributed by atoms with E-state index in [4.69, 9.17) is 9.47 Å². The van der Waals surface area contributed by atoms with Gasteiger partial charge in [-0.25, -0.2) is 4.68 Å². The Kier molecular flexibility index (Phi) is 6.34. The number of hydrogen-bond acceptors (Lipinski definition) is 6. The summed E-state index contributed by atoms with van der Waals surface area (Å²) in [5, 5.41) is 4.10. The largest absolute Gasteiger partial charge is 0.492 e. The van der Waals surface area contributed by atoms with Crippen LogP contribution in [0.15, 0.2) is 41.3 Å². The zero-order valence-corrected chi connectivity index (χ0v) is 16.3. The predicted octanol–water partition coefficient (Wildman–Crippen LogP) is 1.77. The molecule has 0 aliphatic carbocycles. The maximum atomic E-state index is 11.7. The first-order chi connectivity index (χ1) is 13.0.